The van der Waals surface area contributed by atoms with Gasteiger partial charge in [0.1, 0.15) is 5.82 Å². The molecular weight excluding hydrogens is 365 g/mol. The van der Waals surface area contributed by atoms with E-state index in [2.05, 4.69) is 4.74 Å². The maximum absolute atomic E-state index is 13.1. The number of benzene rings is 2. The standard InChI is InChI=1S/C19H15F3O5/c1-25-17-9-12(5-7-16(17)27-19(21)22)6-8-18(24)26-11-15(23)13-3-2-4-14(20)10-13/h2-10,19H,11H2,1H3/b8-6+. The molecule has 0 amide bonds. The zero-order chi connectivity index (χ0) is 19.8. The van der Waals surface area contributed by atoms with Crippen LogP contribution in [0.4, 0.5) is 13.2 Å². The normalized spacial score (nSPS) is 10.9. The smallest absolute Gasteiger partial charge is 0.387 e. The van der Waals surface area contributed by atoms with Crippen molar-refractivity contribution >= 4 is 17.8 Å². The van der Waals surface area contributed by atoms with Crippen molar-refractivity contribution in [1.82, 2.24) is 0 Å². The quantitative estimate of drug-likeness (QED) is 0.395. The number of methoxy groups -OCH3 is 1. The molecule has 0 bridgehead atoms. The summed E-state index contributed by atoms with van der Waals surface area (Å²) in [5.41, 5.74) is 0.549. The molecule has 8 heteroatoms. The second kappa shape index (κ2) is 9.42. The molecule has 0 spiro atoms. The summed E-state index contributed by atoms with van der Waals surface area (Å²) in [6.45, 7) is -3.54. The van der Waals surface area contributed by atoms with Gasteiger partial charge in [0.15, 0.2) is 23.9 Å². The molecule has 2 rings (SSSR count). The van der Waals surface area contributed by atoms with Crippen LogP contribution in [0, 0.1) is 5.82 Å². The number of alkyl halides is 2. The van der Waals surface area contributed by atoms with Crippen LogP contribution in [0.2, 0.25) is 0 Å². The van der Waals surface area contributed by atoms with E-state index in [9.17, 15) is 22.8 Å². The van der Waals surface area contributed by atoms with Crippen LogP contribution in [-0.4, -0.2) is 32.1 Å². The molecular formula is C19H15F3O5. The van der Waals surface area contributed by atoms with Gasteiger partial charge in [0.2, 0.25) is 0 Å². The Morgan fingerprint density at radius 2 is 1.89 bits per heavy atom. The van der Waals surface area contributed by atoms with Crippen LogP contribution in [0.3, 0.4) is 0 Å². The highest BCUT2D eigenvalue weighted by Gasteiger charge is 2.11. The molecule has 0 unspecified atom stereocenters. The predicted molar refractivity (Wildman–Crippen MR) is 90.3 cm³/mol. The van der Waals surface area contributed by atoms with Crippen molar-refractivity contribution in [2.45, 2.75) is 6.61 Å². The first-order valence-electron chi connectivity index (χ1n) is 7.65. The fourth-order valence-corrected chi connectivity index (χ4v) is 2.08. The third-order valence-electron chi connectivity index (χ3n) is 3.31. The van der Waals surface area contributed by atoms with Crippen molar-refractivity contribution in [3.8, 4) is 11.5 Å². The lowest BCUT2D eigenvalue weighted by Gasteiger charge is -2.10. The minimum Gasteiger partial charge on any atom is -0.493 e. The Morgan fingerprint density at radius 3 is 2.56 bits per heavy atom. The highest BCUT2D eigenvalue weighted by molar-refractivity contribution is 5.98. The monoisotopic (exact) mass is 380 g/mol. The maximum Gasteiger partial charge on any atom is 0.387 e. The molecule has 0 aromatic heterocycles. The predicted octanol–water partition coefficient (Wildman–Crippen LogP) is 3.88. The van der Waals surface area contributed by atoms with Gasteiger partial charge in [-0.15, -0.1) is 0 Å². The molecule has 2 aromatic carbocycles. The van der Waals surface area contributed by atoms with Crippen LogP contribution in [0.5, 0.6) is 11.5 Å². The number of rotatable bonds is 8. The van der Waals surface area contributed by atoms with Crippen molar-refractivity contribution in [2.75, 3.05) is 13.7 Å². The lowest BCUT2D eigenvalue weighted by atomic mass is 10.1. The molecule has 0 aliphatic rings. The van der Waals surface area contributed by atoms with E-state index in [1.807, 2.05) is 0 Å². The van der Waals surface area contributed by atoms with Crippen molar-refractivity contribution in [2.24, 2.45) is 0 Å². The molecule has 142 valence electrons. The van der Waals surface area contributed by atoms with E-state index in [1.54, 1.807) is 0 Å². The van der Waals surface area contributed by atoms with Crippen molar-refractivity contribution in [3.05, 3.63) is 65.5 Å². The molecule has 0 atom stereocenters. The molecule has 0 radical (unpaired) electrons. The topological polar surface area (TPSA) is 61.8 Å². The molecule has 0 saturated heterocycles. The Bertz CT molecular complexity index is 849. The third-order valence-corrected chi connectivity index (χ3v) is 3.31. The molecule has 0 saturated carbocycles. The molecule has 0 aliphatic heterocycles. The van der Waals surface area contributed by atoms with Crippen LogP contribution in [0.15, 0.2) is 48.5 Å². The summed E-state index contributed by atoms with van der Waals surface area (Å²) < 4.78 is 51.7. The summed E-state index contributed by atoms with van der Waals surface area (Å²) in [4.78, 5) is 23.5. The first-order valence-corrected chi connectivity index (χ1v) is 7.65. The van der Waals surface area contributed by atoms with E-state index in [1.165, 1.54) is 49.6 Å². The van der Waals surface area contributed by atoms with Gasteiger partial charge in [0, 0.05) is 11.6 Å². The van der Waals surface area contributed by atoms with E-state index in [-0.39, 0.29) is 17.1 Å². The Labute approximate surface area is 153 Å². The summed E-state index contributed by atoms with van der Waals surface area (Å²) in [5.74, 6) is -2.00. The Kier molecular flexibility index (Phi) is 6.99. The van der Waals surface area contributed by atoms with E-state index < -0.39 is 30.8 Å². The minimum atomic E-state index is -2.99. The van der Waals surface area contributed by atoms with Crippen LogP contribution in [0.1, 0.15) is 15.9 Å². The number of ether oxygens (including phenoxy) is 3. The van der Waals surface area contributed by atoms with E-state index in [0.717, 1.165) is 12.1 Å². The van der Waals surface area contributed by atoms with Crippen molar-refractivity contribution < 1.29 is 37.0 Å². The van der Waals surface area contributed by atoms with Gasteiger partial charge in [-0.3, -0.25) is 4.79 Å². The number of ketones is 1. The van der Waals surface area contributed by atoms with Crippen LogP contribution in [0.25, 0.3) is 6.08 Å². The van der Waals surface area contributed by atoms with Crippen LogP contribution >= 0.6 is 0 Å². The molecule has 27 heavy (non-hydrogen) atoms. The first kappa shape index (κ1) is 20.0. The maximum atomic E-state index is 13.1. The van der Waals surface area contributed by atoms with E-state index >= 15 is 0 Å². The number of esters is 1. The Balaban J connectivity index is 1.95. The number of halogens is 3. The summed E-state index contributed by atoms with van der Waals surface area (Å²) >= 11 is 0. The average Bonchev–Trinajstić information content (AvgIpc) is 2.64. The van der Waals surface area contributed by atoms with E-state index in [4.69, 9.17) is 9.47 Å². The average molecular weight is 380 g/mol. The molecule has 0 heterocycles. The second-order valence-corrected chi connectivity index (χ2v) is 5.16. The van der Waals surface area contributed by atoms with Crippen LogP contribution < -0.4 is 9.47 Å². The highest BCUT2D eigenvalue weighted by Crippen LogP contribution is 2.29. The summed E-state index contributed by atoms with van der Waals surface area (Å²) in [6.07, 6.45) is 2.41. The lowest BCUT2D eigenvalue weighted by Crippen LogP contribution is -2.12. The SMILES string of the molecule is COc1cc(/C=C/C(=O)OCC(=O)c2cccc(F)c2)ccc1OC(F)F. The van der Waals surface area contributed by atoms with Gasteiger partial charge in [-0.05, 0) is 35.9 Å². The lowest BCUT2D eigenvalue weighted by molar-refractivity contribution is -0.136. The number of Topliss-reactive ketones (excluding diaryl/α,β-unsaturated/α-hetero) is 1. The second-order valence-electron chi connectivity index (χ2n) is 5.16. The molecule has 0 N–H and O–H groups in total. The van der Waals surface area contributed by atoms with Gasteiger partial charge >= 0.3 is 12.6 Å². The van der Waals surface area contributed by atoms with Gasteiger partial charge in [-0.1, -0.05) is 18.2 Å². The fourth-order valence-electron chi connectivity index (χ4n) is 2.08. The minimum absolute atomic E-state index is 0.0621. The Hall–Kier alpha value is -3.29. The zero-order valence-electron chi connectivity index (χ0n) is 14.2. The summed E-state index contributed by atoms with van der Waals surface area (Å²) in [6, 6.07) is 9.10. The zero-order valence-corrected chi connectivity index (χ0v) is 14.2. The van der Waals surface area contributed by atoms with Gasteiger partial charge in [0.05, 0.1) is 7.11 Å². The molecule has 0 aliphatic carbocycles. The molecule has 0 fully saturated rings. The summed E-state index contributed by atoms with van der Waals surface area (Å²) in [5, 5.41) is 0. The van der Waals surface area contributed by atoms with Gasteiger partial charge < -0.3 is 14.2 Å². The van der Waals surface area contributed by atoms with Gasteiger partial charge in [-0.25, -0.2) is 9.18 Å². The highest BCUT2D eigenvalue weighted by atomic mass is 19.3. The number of carbonyl (C=O) groups excluding carboxylic acids is 2. The third kappa shape index (κ3) is 6.18. The van der Waals surface area contributed by atoms with Gasteiger partial charge in [-0.2, -0.15) is 8.78 Å². The number of hydrogen-bond acceptors (Lipinski definition) is 5. The van der Waals surface area contributed by atoms with Crippen molar-refractivity contribution in [1.29, 1.82) is 0 Å². The van der Waals surface area contributed by atoms with Crippen LogP contribution in [-0.2, 0) is 9.53 Å². The number of carbonyl (C=O) groups is 2. The Morgan fingerprint density at radius 1 is 1.11 bits per heavy atom. The fraction of sp³-hybridized carbons (Fsp3) is 0.158. The molecule has 2 aromatic rings. The number of hydrogen-bond donors (Lipinski definition) is 0. The van der Waals surface area contributed by atoms with Gasteiger partial charge in [0.25, 0.3) is 0 Å². The van der Waals surface area contributed by atoms with Crippen molar-refractivity contribution in [3.63, 3.8) is 0 Å². The largest absolute Gasteiger partial charge is 0.493 e. The molecule has 5 nitrogen and oxygen atoms in total. The first-order chi connectivity index (χ1) is 12.9. The summed E-state index contributed by atoms with van der Waals surface area (Å²) in [7, 11) is 1.29. The van der Waals surface area contributed by atoms with E-state index in [0.29, 0.717) is 5.56 Å².